The molecule has 2 atom stereocenters. The van der Waals surface area contributed by atoms with Gasteiger partial charge >= 0.3 is 0 Å². The number of ether oxygens (including phenoxy) is 1. The predicted molar refractivity (Wildman–Crippen MR) is 72.9 cm³/mol. The maximum absolute atomic E-state index is 12.6. The van der Waals surface area contributed by atoms with Crippen molar-refractivity contribution in [3.05, 3.63) is 29.3 Å². The fourth-order valence-electron chi connectivity index (χ4n) is 2.24. The van der Waals surface area contributed by atoms with Gasteiger partial charge in [-0.25, -0.2) is 0 Å². The Morgan fingerprint density at radius 1 is 1.58 bits per heavy atom. The van der Waals surface area contributed by atoms with Crippen LogP contribution < -0.4 is 5.73 Å². The number of nitrogens with two attached hydrogens (primary N) is 1. The van der Waals surface area contributed by atoms with Crippen molar-refractivity contribution in [3.63, 3.8) is 0 Å². The number of anilines is 1. The number of nitrogens with zero attached hydrogens (tertiary/aromatic N) is 1. The topological polar surface area (TPSA) is 75.8 Å². The molecule has 0 aromatic heterocycles. The third-order valence-electron chi connectivity index (χ3n) is 3.46. The highest BCUT2D eigenvalue weighted by Gasteiger charge is 2.30. The number of aryl methyl sites for hydroxylation is 1. The molecule has 1 heterocycles. The first kappa shape index (κ1) is 13.8. The standard InChI is InChI=1S/C14H20N2O3/c1-9-3-4-11(15)5-13(9)14(18)16-6-12(7-17)19-8-10(16)2/h3-5,10,12,17H,6-8,15H2,1-2H3. The zero-order chi connectivity index (χ0) is 14.0. The van der Waals surface area contributed by atoms with Crippen LogP contribution in [0.15, 0.2) is 18.2 Å². The van der Waals surface area contributed by atoms with Crippen molar-refractivity contribution in [3.8, 4) is 0 Å². The van der Waals surface area contributed by atoms with Crippen molar-refractivity contribution in [2.24, 2.45) is 0 Å². The minimum atomic E-state index is -0.304. The third-order valence-corrected chi connectivity index (χ3v) is 3.46. The highest BCUT2D eigenvalue weighted by molar-refractivity contribution is 5.96. The number of carbonyl (C=O) groups excluding carboxylic acids is 1. The van der Waals surface area contributed by atoms with Gasteiger partial charge in [0, 0.05) is 17.8 Å². The molecule has 1 fully saturated rings. The highest BCUT2D eigenvalue weighted by atomic mass is 16.5. The molecule has 5 heteroatoms. The van der Waals surface area contributed by atoms with Gasteiger partial charge in [-0.1, -0.05) is 6.07 Å². The van der Waals surface area contributed by atoms with E-state index in [2.05, 4.69) is 0 Å². The Morgan fingerprint density at radius 2 is 2.32 bits per heavy atom. The van der Waals surface area contributed by atoms with E-state index in [1.54, 1.807) is 17.0 Å². The normalized spacial score (nSPS) is 23.4. The molecule has 5 nitrogen and oxygen atoms in total. The molecule has 2 rings (SSSR count). The van der Waals surface area contributed by atoms with Gasteiger partial charge in [-0.2, -0.15) is 0 Å². The molecule has 1 amide bonds. The van der Waals surface area contributed by atoms with Crippen LogP contribution in [0, 0.1) is 6.92 Å². The number of aliphatic hydroxyl groups excluding tert-OH is 1. The molecule has 1 aliphatic rings. The molecule has 104 valence electrons. The molecule has 0 aliphatic carbocycles. The van der Waals surface area contributed by atoms with Crippen LogP contribution in [-0.4, -0.2) is 47.8 Å². The summed E-state index contributed by atoms with van der Waals surface area (Å²) in [6.07, 6.45) is -0.304. The molecular weight excluding hydrogens is 244 g/mol. The summed E-state index contributed by atoms with van der Waals surface area (Å²) in [5.74, 6) is -0.0564. The molecule has 0 spiro atoms. The molecule has 0 bridgehead atoms. The summed E-state index contributed by atoms with van der Waals surface area (Å²) in [6.45, 7) is 4.60. The van der Waals surface area contributed by atoms with Crippen LogP contribution >= 0.6 is 0 Å². The van der Waals surface area contributed by atoms with Gasteiger partial charge < -0.3 is 20.5 Å². The van der Waals surface area contributed by atoms with Crippen molar-refractivity contribution in [2.45, 2.75) is 26.0 Å². The van der Waals surface area contributed by atoms with Crippen LogP contribution in [0.3, 0.4) is 0 Å². The van der Waals surface area contributed by atoms with Crippen LogP contribution in [0.2, 0.25) is 0 Å². The monoisotopic (exact) mass is 264 g/mol. The Morgan fingerprint density at radius 3 is 3.00 bits per heavy atom. The second-order valence-electron chi connectivity index (χ2n) is 5.02. The lowest BCUT2D eigenvalue weighted by atomic mass is 10.0. The number of nitrogen functional groups attached to an aromatic ring is 1. The van der Waals surface area contributed by atoms with Gasteiger partial charge in [-0.15, -0.1) is 0 Å². The molecule has 2 unspecified atom stereocenters. The summed E-state index contributed by atoms with van der Waals surface area (Å²) in [7, 11) is 0. The van der Waals surface area contributed by atoms with Crippen LogP contribution in [0.4, 0.5) is 5.69 Å². The molecule has 1 aromatic rings. The van der Waals surface area contributed by atoms with Gasteiger partial charge in [-0.3, -0.25) is 4.79 Å². The van der Waals surface area contributed by atoms with Crippen LogP contribution in [0.5, 0.6) is 0 Å². The fraction of sp³-hybridized carbons (Fsp3) is 0.500. The van der Waals surface area contributed by atoms with Gasteiger partial charge in [0.05, 0.1) is 25.4 Å². The summed E-state index contributed by atoms with van der Waals surface area (Å²) in [6, 6.07) is 5.33. The summed E-state index contributed by atoms with van der Waals surface area (Å²) in [4.78, 5) is 14.3. The van der Waals surface area contributed by atoms with Gasteiger partial charge in [-0.05, 0) is 31.5 Å². The number of hydrogen-bond donors (Lipinski definition) is 2. The first-order valence-electron chi connectivity index (χ1n) is 6.42. The molecule has 0 saturated carbocycles. The van der Waals surface area contributed by atoms with Crippen molar-refractivity contribution >= 4 is 11.6 Å². The first-order valence-corrected chi connectivity index (χ1v) is 6.42. The third kappa shape index (κ3) is 2.88. The number of amides is 1. The van der Waals surface area contributed by atoms with Crippen LogP contribution in [0.1, 0.15) is 22.8 Å². The number of morpholine rings is 1. The Bertz CT molecular complexity index is 476. The van der Waals surface area contributed by atoms with E-state index < -0.39 is 0 Å². The lowest BCUT2D eigenvalue weighted by molar-refractivity contribution is -0.0667. The minimum Gasteiger partial charge on any atom is -0.399 e. The number of rotatable bonds is 2. The fourth-order valence-corrected chi connectivity index (χ4v) is 2.24. The molecule has 1 aromatic carbocycles. The van der Waals surface area contributed by atoms with E-state index in [1.807, 2.05) is 19.9 Å². The summed E-state index contributed by atoms with van der Waals surface area (Å²) < 4.78 is 5.44. The van der Waals surface area contributed by atoms with Gasteiger partial charge in [0.15, 0.2) is 0 Å². The van der Waals surface area contributed by atoms with E-state index >= 15 is 0 Å². The van der Waals surface area contributed by atoms with Crippen LogP contribution in [0.25, 0.3) is 0 Å². The van der Waals surface area contributed by atoms with E-state index in [4.69, 9.17) is 15.6 Å². The summed E-state index contributed by atoms with van der Waals surface area (Å²) in [5.41, 5.74) is 7.84. The largest absolute Gasteiger partial charge is 0.399 e. The number of aliphatic hydroxyl groups is 1. The van der Waals surface area contributed by atoms with E-state index in [0.717, 1.165) is 5.56 Å². The Labute approximate surface area is 113 Å². The SMILES string of the molecule is Cc1ccc(N)cc1C(=O)N1CC(CO)OCC1C. The van der Waals surface area contributed by atoms with E-state index in [0.29, 0.717) is 24.4 Å². The number of benzene rings is 1. The van der Waals surface area contributed by atoms with Crippen molar-refractivity contribution in [1.82, 2.24) is 4.90 Å². The van der Waals surface area contributed by atoms with Crippen molar-refractivity contribution in [2.75, 3.05) is 25.5 Å². The first-order chi connectivity index (χ1) is 9.02. The van der Waals surface area contributed by atoms with E-state index in [-0.39, 0.29) is 24.7 Å². The maximum atomic E-state index is 12.6. The zero-order valence-corrected chi connectivity index (χ0v) is 11.3. The van der Waals surface area contributed by atoms with Gasteiger partial charge in [0.1, 0.15) is 0 Å². The molecule has 19 heavy (non-hydrogen) atoms. The Kier molecular flexibility index (Phi) is 4.07. The second-order valence-corrected chi connectivity index (χ2v) is 5.02. The molecular formula is C14H20N2O3. The van der Waals surface area contributed by atoms with Crippen molar-refractivity contribution < 1.29 is 14.6 Å². The molecule has 1 saturated heterocycles. The van der Waals surface area contributed by atoms with E-state index in [1.165, 1.54) is 0 Å². The molecule has 3 N–H and O–H groups in total. The maximum Gasteiger partial charge on any atom is 0.254 e. The lowest BCUT2D eigenvalue weighted by Crippen LogP contribution is -2.52. The molecule has 0 radical (unpaired) electrons. The number of hydrogen-bond acceptors (Lipinski definition) is 4. The second kappa shape index (κ2) is 5.59. The number of carbonyl (C=O) groups is 1. The summed E-state index contributed by atoms with van der Waals surface area (Å²) >= 11 is 0. The Balaban J connectivity index is 2.24. The average Bonchev–Trinajstić information content (AvgIpc) is 2.41. The average molecular weight is 264 g/mol. The molecule has 1 aliphatic heterocycles. The minimum absolute atomic E-state index is 0.00358. The van der Waals surface area contributed by atoms with Crippen molar-refractivity contribution in [1.29, 1.82) is 0 Å². The Hall–Kier alpha value is -1.59. The smallest absolute Gasteiger partial charge is 0.254 e. The van der Waals surface area contributed by atoms with Gasteiger partial charge in [0.25, 0.3) is 5.91 Å². The zero-order valence-electron chi connectivity index (χ0n) is 11.3. The van der Waals surface area contributed by atoms with Gasteiger partial charge in [0.2, 0.25) is 0 Å². The predicted octanol–water partition coefficient (Wildman–Crippen LogP) is 0.799. The highest BCUT2D eigenvalue weighted by Crippen LogP contribution is 2.19. The van der Waals surface area contributed by atoms with E-state index in [9.17, 15) is 4.79 Å². The lowest BCUT2D eigenvalue weighted by Gasteiger charge is -2.37. The summed E-state index contributed by atoms with van der Waals surface area (Å²) in [5, 5.41) is 9.16. The quantitative estimate of drug-likeness (QED) is 0.775. The van der Waals surface area contributed by atoms with Crippen LogP contribution in [-0.2, 0) is 4.74 Å².